The molecule has 0 unspecified atom stereocenters. The fourth-order valence-electron chi connectivity index (χ4n) is 1.89. The van der Waals surface area contributed by atoms with Crippen molar-refractivity contribution in [2.75, 3.05) is 0 Å². The zero-order valence-electron chi connectivity index (χ0n) is 11.4. The summed E-state index contributed by atoms with van der Waals surface area (Å²) in [6.07, 6.45) is 1.53. The largest absolute Gasteiger partial charge is 0.478 e. The third-order valence-corrected chi connectivity index (χ3v) is 3.06. The Morgan fingerprint density at radius 2 is 1.38 bits per heavy atom. The smallest absolute Gasteiger partial charge is 0.336 e. The number of hydrogen-bond acceptors (Lipinski definition) is 2. The van der Waals surface area contributed by atoms with E-state index in [0.29, 0.717) is 11.1 Å². The predicted octanol–water partition coefficient (Wildman–Crippen LogP) is 3.32. The molecule has 0 aliphatic carbocycles. The average Bonchev–Trinajstić information content (AvgIpc) is 2.46. The van der Waals surface area contributed by atoms with Crippen molar-refractivity contribution in [3.05, 3.63) is 70.8 Å². The summed E-state index contributed by atoms with van der Waals surface area (Å²) in [4.78, 5) is 22.2. The van der Waals surface area contributed by atoms with E-state index in [1.54, 1.807) is 24.3 Å². The Labute approximate surface area is 122 Å². The Kier molecular flexibility index (Phi) is 4.18. The monoisotopic (exact) mass is 282 g/mol. The quantitative estimate of drug-likeness (QED) is 0.666. The molecule has 0 atom stereocenters. The number of carbonyl (C=O) groups is 2. The molecule has 2 rings (SSSR count). The number of aryl methyl sites for hydroxylation is 1. The van der Waals surface area contributed by atoms with Gasteiger partial charge in [0.05, 0.1) is 11.1 Å². The van der Waals surface area contributed by atoms with E-state index in [1.165, 1.54) is 18.2 Å². The Hall–Kier alpha value is -2.88. The van der Waals surface area contributed by atoms with Gasteiger partial charge in [0.2, 0.25) is 0 Å². The van der Waals surface area contributed by atoms with Crippen LogP contribution in [-0.2, 0) is 4.79 Å². The molecule has 21 heavy (non-hydrogen) atoms. The number of benzene rings is 2. The van der Waals surface area contributed by atoms with Crippen LogP contribution < -0.4 is 0 Å². The molecule has 0 heterocycles. The van der Waals surface area contributed by atoms with Gasteiger partial charge in [0.15, 0.2) is 0 Å². The molecule has 106 valence electrons. The molecule has 4 nitrogen and oxygen atoms in total. The van der Waals surface area contributed by atoms with Gasteiger partial charge in [0.25, 0.3) is 0 Å². The van der Waals surface area contributed by atoms with E-state index in [-0.39, 0.29) is 11.1 Å². The van der Waals surface area contributed by atoms with Crippen LogP contribution in [0.2, 0.25) is 0 Å². The Morgan fingerprint density at radius 3 is 1.86 bits per heavy atom. The SMILES string of the molecule is Cc1ccc(/C(=C/c2ccc(C(=O)O)cc2)C(=O)O)cc1. The Balaban J connectivity index is 2.40. The van der Waals surface area contributed by atoms with Crippen molar-refractivity contribution in [3.63, 3.8) is 0 Å². The molecular weight excluding hydrogens is 268 g/mol. The standard InChI is InChI=1S/C17H14O4/c1-11-2-6-13(7-3-11)15(17(20)21)10-12-4-8-14(9-5-12)16(18)19/h2-10H,1H3,(H,18,19)(H,20,21)/b15-10-. The average molecular weight is 282 g/mol. The molecule has 0 aliphatic rings. The van der Waals surface area contributed by atoms with Crippen LogP contribution in [0.4, 0.5) is 0 Å². The second kappa shape index (κ2) is 6.05. The van der Waals surface area contributed by atoms with Crippen molar-refractivity contribution in [3.8, 4) is 0 Å². The molecule has 0 spiro atoms. The molecule has 0 bridgehead atoms. The molecule has 0 aromatic heterocycles. The van der Waals surface area contributed by atoms with Crippen LogP contribution in [0, 0.1) is 6.92 Å². The van der Waals surface area contributed by atoms with Crippen LogP contribution in [0.3, 0.4) is 0 Å². The molecule has 0 radical (unpaired) electrons. The molecule has 2 aromatic carbocycles. The van der Waals surface area contributed by atoms with Crippen LogP contribution >= 0.6 is 0 Å². The highest BCUT2D eigenvalue weighted by Crippen LogP contribution is 2.19. The van der Waals surface area contributed by atoms with Gasteiger partial charge < -0.3 is 10.2 Å². The van der Waals surface area contributed by atoms with E-state index in [0.717, 1.165) is 5.56 Å². The molecule has 0 saturated heterocycles. The van der Waals surface area contributed by atoms with Gasteiger partial charge >= 0.3 is 11.9 Å². The lowest BCUT2D eigenvalue weighted by Gasteiger charge is -2.04. The summed E-state index contributed by atoms with van der Waals surface area (Å²) in [6.45, 7) is 1.93. The lowest BCUT2D eigenvalue weighted by molar-refractivity contribution is -0.130. The van der Waals surface area contributed by atoms with Gasteiger partial charge in [-0.2, -0.15) is 0 Å². The van der Waals surface area contributed by atoms with E-state index >= 15 is 0 Å². The van der Waals surface area contributed by atoms with Crippen LogP contribution in [0.15, 0.2) is 48.5 Å². The summed E-state index contributed by atoms with van der Waals surface area (Å²) in [6, 6.07) is 13.3. The van der Waals surface area contributed by atoms with Gasteiger partial charge in [-0.25, -0.2) is 9.59 Å². The minimum absolute atomic E-state index is 0.165. The highest BCUT2D eigenvalue weighted by Gasteiger charge is 2.10. The Bertz CT molecular complexity index is 695. The van der Waals surface area contributed by atoms with Crippen LogP contribution in [0.5, 0.6) is 0 Å². The molecule has 0 aliphatic heterocycles. The first-order valence-electron chi connectivity index (χ1n) is 6.33. The first-order chi connectivity index (χ1) is 9.97. The minimum Gasteiger partial charge on any atom is -0.478 e. The topological polar surface area (TPSA) is 74.6 Å². The van der Waals surface area contributed by atoms with Crippen LogP contribution in [0.25, 0.3) is 11.6 Å². The predicted molar refractivity (Wildman–Crippen MR) is 80.1 cm³/mol. The van der Waals surface area contributed by atoms with Crippen molar-refractivity contribution in [1.29, 1.82) is 0 Å². The van der Waals surface area contributed by atoms with Gasteiger partial charge in [-0.1, -0.05) is 42.0 Å². The van der Waals surface area contributed by atoms with Crippen molar-refractivity contribution < 1.29 is 19.8 Å². The summed E-state index contributed by atoms with van der Waals surface area (Å²) in [7, 11) is 0. The van der Waals surface area contributed by atoms with Crippen molar-refractivity contribution >= 4 is 23.6 Å². The van der Waals surface area contributed by atoms with Crippen molar-refractivity contribution in [1.82, 2.24) is 0 Å². The van der Waals surface area contributed by atoms with E-state index in [2.05, 4.69) is 0 Å². The first-order valence-corrected chi connectivity index (χ1v) is 6.33. The number of hydrogen-bond donors (Lipinski definition) is 2. The summed E-state index contributed by atoms with van der Waals surface area (Å²) >= 11 is 0. The molecule has 2 aromatic rings. The molecule has 0 amide bonds. The second-order valence-electron chi connectivity index (χ2n) is 4.66. The first kappa shape index (κ1) is 14.5. The maximum Gasteiger partial charge on any atom is 0.336 e. The highest BCUT2D eigenvalue weighted by atomic mass is 16.4. The molecule has 2 N–H and O–H groups in total. The maximum atomic E-state index is 11.4. The Morgan fingerprint density at radius 1 is 0.857 bits per heavy atom. The van der Waals surface area contributed by atoms with Crippen molar-refractivity contribution in [2.45, 2.75) is 6.92 Å². The van der Waals surface area contributed by atoms with Gasteiger partial charge in [0.1, 0.15) is 0 Å². The van der Waals surface area contributed by atoms with E-state index < -0.39 is 11.9 Å². The maximum absolute atomic E-state index is 11.4. The number of carboxylic acids is 2. The normalized spacial score (nSPS) is 11.2. The molecular formula is C17H14O4. The van der Waals surface area contributed by atoms with E-state index in [4.69, 9.17) is 5.11 Å². The molecule has 0 fully saturated rings. The van der Waals surface area contributed by atoms with Gasteiger partial charge in [0, 0.05) is 0 Å². The minimum atomic E-state index is -1.03. The highest BCUT2D eigenvalue weighted by molar-refractivity contribution is 6.20. The second-order valence-corrected chi connectivity index (χ2v) is 4.66. The lowest BCUT2D eigenvalue weighted by Crippen LogP contribution is -2.00. The fraction of sp³-hybridized carbons (Fsp3) is 0.0588. The fourth-order valence-corrected chi connectivity index (χ4v) is 1.89. The zero-order valence-corrected chi connectivity index (χ0v) is 11.4. The van der Waals surface area contributed by atoms with E-state index in [9.17, 15) is 14.7 Å². The van der Waals surface area contributed by atoms with Gasteiger partial charge in [-0.05, 0) is 36.3 Å². The van der Waals surface area contributed by atoms with Crippen LogP contribution in [0.1, 0.15) is 27.0 Å². The summed E-state index contributed by atoms with van der Waals surface area (Å²) in [5.74, 6) is -2.04. The third-order valence-electron chi connectivity index (χ3n) is 3.06. The summed E-state index contributed by atoms with van der Waals surface area (Å²) < 4.78 is 0. The van der Waals surface area contributed by atoms with Crippen LogP contribution in [-0.4, -0.2) is 22.2 Å². The number of carboxylic acid groups (broad SMARTS) is 2. The van der Waals surface area contributed by atoms with Gasteiger partial charge in [-0.3, -0.25) is 0 Å². The van der Waals surface area contributed by atoms with E-state index in [1.807, 2.05) is 19.1 Å². The summed E-state index contributed by atoms with van der Waals surface area (Å²) in [5, 5.41) is 18.2. The van der Waals surface area contributed by atoms with Crippen molar-refractivity contribution in [2.24, 2.45) is 0 Å². The lowest BCUT2D eigenvalue weighted by atomic mass is 10.0. The number of rotatable bonds is 4. The third kappa shape index (κ3) is 3.57. The number of aromatic carboxylic acids is 1. The van der Waals surface area contributed by atoms with Gasteiger partial charge in [-0.15, -0.1) is 0 Å². The zero-order chi connectivity index (χ0) is 15.4. The molecule has 4 heteroatoms. The molecule has 0 saturated carbocycles. The number of aliphatic carboxylic acids is 1. The summed E-state index contributed by atoms with van der Waals surface area (Å²) in [5.41, 5.74) is 2.63.